The highest BCUT2D eigenvalue weighted by molar-refractivity contribution is 6.39. The van der Waals surface area contributed by atoms with Crippen LogP contribution in [0.2, 0.25) is 5.02 Å². The molecule has 0 heterocycles. The number of carbonyl (C=O) groups is 2. The third-order valence-corrected chi connectivity index (χ3v) is 5.00. The van der Waals surface area contributed by atoms with Crippen molar-refractivity contribution >= 4 is 35.3 Å². The van der Waals surface area contributed by atoms with Crippen molar-refractivity contribution in [1.82, 2.24) is 5.43 Å². The van der Waals surface area contributed by atoms with Crippen LogP contribution in [0.3, 0.4) is 0 Å². The lowest BCUT2D eigenvalue weighted by atomic mass is 10.2. The molecule has 3 aromatic rings. The number of amides is 2. The molecule has 0 atom stereocenters. The van der Waals surface area contributed by atoms with Crippen molar-refractivity contribution in [3.05, 3.63) is 88.2 Å². The minimum absolute atomic E-state index is 0.241. The quantitative estimate of drug-likeness (QED) is 0.272. The summed E-state index contributed by atoms with van der Waals surface area (Å²) < 4.78 is 24.5. The Morgan fingerprint density at radius 1 is 1.00 bits per heavy atom. The van der Waals surface area contributed by atoms with E-state index in [0.717, 1.165) is 11.1 Å². The molecule has 0 bridgehead atoms. The van der Waals surface area contributed by atoms with Gasteiger partial charge in [-0.05, 0) is 73.0 Å². The fourth-order valence-corrected chi connectivity index (χ4v) is 2.99. The maximum Gasteiger partial charge on any atom is 0.329 e. The molecule has 0 radical (unpaired) electrons. The third-order valence-electron chi connectivity index (χ3n) is 4.59. The van der Waals surface area contributed by atoms with Crippen LogP contribution in [0, 0.1) is 12.7 Å². The summed E-state index contributed by atoms with van der Waals surface area (Å²) in [7, 11) is 0. The Morgan fingerprint density at radius 2 is 1.76 bits per heavy atom. The molecular formula is C25H23ClFN3O4. The van der Waals surface area contributed by atoms with Gasteiger partial charge in [0.15, 0.2) is 11.5 Å². The number of nitrogens with one attached hydrogen (secondary N) is 2. The van der Waals surface area contributed by atoms with Crippen LogP contribution in [0.5, 0.6) is 11.5 Å². The van der Waals surface area contributed by atoms with E-state index in [9.17, 15) is 14.0 Å². The molecule has 0 aliphatic rings. The minimum Gasteiger partial charge on any atom is -0.490 e. The minimum atomic E-state index is -0.933. The SMILES string of the molecule is CCOc1cc(/C=N\NC(=O)C(=O)Nc2ccc(C)c(Cl)c2)ccc1OCc1ccc(F)cc1. The maximum absolute atomic E-state index is 13.1. The lowest BCUT2D eigenvalue weighted by molar-refractivity contribution is -0.136. The first kappa shape index (κ1) is 24.7. The molecule has 2 N–H and O–H groups in total. The average Bonchev–Trinajstić information content (AvgIpc) is 2.82. The number of anilines is 1. The van der Waals surface area contributed by atoms with E-state index in [1.807, 2.05) is 13.8 Å². The van der Waals surface area contributed by atoms with Gasteiger partial charge in [-0.1, -0.05) is 29.8 Å². The highest BCUT2D eigenvalue weighted by Crippen LogP contribution is 2.29. The van der Waals surface area contributed by atoms with E-state index < -0.39 is 11.8 Å². The van der Waals surface area contributed by atoms with Gasteiger partial charge < -0.3 is 14.8 Å². The van der Waals surface area contributed by atoms with Crippen molar-refractivity contribution < 1.29 is 23.5 Å². The summed E-state index contributed by atoms with van der Waals surface area (Å²) in [5, 5.41) is 6.76. The molecule has 0 aliphatic heterocycles. The number of halogens is 2. The lowest BCUT2D eigenvalue weighted by Gasteiger charge is -2.12. The fraction of sp³-hybridized carbons (Fsp3) is 0.160. The van der Waals surface area contributed by atoms with Gasteiger partial charge in [0.1, 0.15) is 12.4 Å². The molecule has 34 heavy (non-hydrogen) atoms. The van der Waals surface area contributed by atoms with Gasteiger partial charge in [0.2, 0.25) is 0 Å². The van der Waals surface area contributed by atoms with E-state index in [1.54, 1.807) is 48.5 Å². The van der Waals surface area contributed by atoms with Gasteiger partial charge in [0, 0.05) is 10.7 Å². The molecular weight excluding hydrogens is 461 g/mol. The summed E-state index contributed by atoms with van der Waals surface area (Å²) in [4.78, 5) is 24.1. The second-order valence-corrected chi connectivity index (χ2v) is 7.58. The van der Waals surface area contributed by atoms with Gasteiger partial charge in [-0.2, -0.15) is 5.10 Å². The van der Waals surface area contributed by atoms with E-state index in [1.165, 1.54) is 18.3 Å². The second-order valence-electron chi connectivity index (χ2n) is 7.17. The van der Waals surface area contributed by atoms with E-state index in [2.05, 4.69) is 15.8 Å². The summed E-state index contributed by atoms with van der Waals surface area (Å²) >= 11 is 6.02. The second kappa shape index (κ2) is 11.8. The largest absolute Gasteiger partial charge is 0.490 e. The first-order valence-corrected chi connectivity index (χ1v) is 10.8. The Bertz CT molecular complexity index is 1200. The van der Waals surface area contributed by atoms with Crippen molar-refractivity contribution in [2.45, 2.75) is 20.5 Å². The molecule has 0 fully saturated rings. The molecule has 0 spiro atoms. The van der Waals surface area contributed by atoms with Gasteiger partial charge in [0.25, 0.3) is 0 Å². The van der Waals surface area contributed by atoms with Gasteiger partial charge in [-0.15, -0.1) is 0 Å². The fourth-order valence-electron chi connectivity index (χ4n) is 2.81. The van der Waals surface area contributed by atoms with Crippen molar-refractivity contribution in [3.63, 3.8) is 0 Å². The van der Waals surface area contributed by atoms with E-state index >= 15 is 0 Å². The van der Waals surface area contributed by atoms with Crippen LogP contribution in [-0.2, 0) is 16.2 Å². The molecule has 176 valence electrons. The Hall–Kier alpha value is -3.91. The molecule has 2 amide bonds. The number of benzene rings is 3. The van der Waals surface area contributed by atoms with E-state index in [0.29, 0.717) is 34.4 Å². The Morgan fingerprint density at radius 3 is 2.47 bits per heavy atom. The van der Waals surface area contributed by atoms with Gasteiger partial charge in [0.05, 0.1) is 12.8 Å². The van der Waals surface area contributed by atoms with Gasteiger partial charge >= 0.3 is 11.8 Å². The zero-order chi connectivity index (χ0) is 24.5. The van der Waals surface area contributed by atoms with E-state index in [-0.39, 0.29) is 12.4 Å². The summed E-state index contributed by atoms with van der Waals surface area (Å²) in [6.07, 6.45) is 1.38. The number of hydrogen-bond donors (Lipinski definition) is 2. The normalized spacial score (nSPS) is 10.7. The number of hydrogen-bond acceptors (Lipinski definition) is 5. The monoisotopic (exact) mass is 483 g/mol. The Balaban J connectivity index is 1.59. The van der Waals surface area contributed by atoms with Crippen LogP contribution in [0.15, 0.2) is 65.8 Å². The van der Waals surface area contributed by atoms with Crippen molar-refractivity contribution in [2.75, 3.05) is 11.9 Å². The van der Waals surface area contributed by atoms with Crippen LogP contribution < -0.4 is 20.2 Å². The van der Waals surface area contributed by atoms with Crippen molar-refractivity contribution in [1.29, 1.82) is 0 Å². The van der Waals surface area contributed by atoms with Crippen LogP contribution in [0.4, 0.5) is 10.1 Å². The number of ether oxygens (including phenoxy) is 2. The molecule has 9 heteroatoms. The van der Waals surface area contributed by atoms with Crippen molar-refractivity contribution in [3.8, 4) is 11.5 Å². The predicted molar refractivity (Wildman–Crippen MR) is 129 cm³/mol. The third kappa shape index (κ3) is 7.05. The number of hydrazone groups is 1. The molecule has 0 saturated heterocycles. The highest BCUT2D eigenvalue weighted by Gasteiger charge is 2.13. The zero-order valence-corrected chi connectivity index (χ0v) is 19.4. The van der Waals surface area contributed by atoms with Crippen LogP contribution in [-0.4, -0.2) is 24.6 Å². The molecule has 3 rings (SSSR count). The highest BCUT2D eigenvalue weighted by atomic mass is 35.5. The van der Waals surface area contributed by atoms with Crippen LogP contribution in [0.25, 0.3) is 0 Å². The summed E-state index contributed by atoms with van der Waals surface area (Å²) in [5.74, 6) is -1.14. The molecule has 0 saturated carbocycles. The molecule has 3 aromatic carbocycles. The number of aryl methyl sites for hydroxylation is 1. The van der Waals surface area contributed by atoms with Crippen LogP contribution >= 0.6 is 11.6 Å². The lowest BCUT2D eigenvalue weighted by Crippen LogP contribution is -2.32. The molecule has 0 unspecified atom stereocenters. The van der Waals surface area contributed by atoms with Crippen molar-refractivity contribution in [2.24, 2.45) is 5.10 Å². The molecule has 0 aromatic heterocycles. The smallest absolute Gasteiger partial charge is 0.329 e. The summed E-state index contributed by atoms with van der Waals surface area (Å²) in [6, 6.07) is 16.1. The first-order chi connectivity index (χ1) is 16.4. The zero-order valence-electron chi connectivity index (χ0n) is 18.6. The first-order valence-electron chi connectivity index (χ1n) is 10.4. The summed E-state index contributed by atoms with van der Waals surface area (Å²) in [6.45, 7) is 4.32. The number of nitrogens with zero attached hydrogens (tertiary/aromatic N) is 1. The average molecular weight is 484 g/mol. The standard InChI is InChI=1S/C25H23ClFN3O4/c1-3-33-23-12-18(7-11-22(23)34-15-17-5-8-19(27)9-6-17)14-28-30-25(32)24(31)29-20-10-4-16(2)21(26)13-20/h4-14H,3,15H2,1-2H3,(H,29,31)(H,30,32)/b28-14-. The van der Waals surface area contributed by atoms with E-state index in [4.69, 9.17) is 21.1 Å². The topological polar surface area (TPSA) is 89.0 Å². The van der Waals surface area contributed by atoms with Gasteiger partial charge in [-0.25, -0.2) is 9.82 Å². The number of rotatable bonds is 8. The summed E-state index contributed by atoms with van der Waals surface area (Å²) in [5.41, 5.74) is 4.85. The maximum atomic E-state index is 13.1. The molecule has 0 aliphatic carbocycles. The Kier molecular flexibility index (Phi) is 8.59. The predicted octanol–water partition coefficient (Wildman–Crippen LogP) is 4.85. The van der Waals surface area contributed by atoms with Crippen LogP contribution in [0.1, 0.15) is 23.6 Å². The van der Waals surface area contributed by atoms with Gasteiger partial charge in [-0.3, -0.25) is 9.59 Å². The molecule has 7 nitrogen and oxygen atoms in total. The Labute approximate surface area is 201 Å². The number of carbonyl (C=O) groups excluding carboxylic acids is 2.